The number of likely N-dealkylation sites (tertiary alicyclic amines) is 1. The van der Waals surface area contributed by atoms with E-state index in [0.717, 1.165) is 12.1 Å². The lowest BCUT2D eigenvalue weighted by atomic mass is 9.83. The van der Waals surface area contributed by atoms with Crippen LogP contribution in [-0.4, -0.2) is 40.2 Å². The van der Waals surface area contributed by atoms with Gasteiger partial charge in [-0.05, 0) is 43.1 Å². The number of piperidine rings is 1. The van der Waals surface area contributed by atoms with E-state index < -0.39 is 0 Å². The summed E-state index contributed by atoms with van der Waals surface area (Å²) in [7, 11) is 2.02. The van der Waals surface area contributed by atoms with Crippen LogP contribution in [0, 0.1) is 18.3 Å². The van der Waals surface area contributed by atoms with Gasteiger partial charge in [-0.3, -0.25) is 9.88 Å². The van der Waals surface area contributed by atoms with E-state index in [1.54, 1.807) is 0 Å². The van der Waals surface area contributed by atoms with Crippen LogP contribution in [0.1, 0.15) is 20.3 Å². The number of benzene rings is 1. The summed E-state index contributed by atoms with van der Waals surface area (Å²) in [4.78, 5) is 6.37. The second kappa shape index (κ2) is 5.39. The molecule has 2 aliphatic rings. The fourth-order valence-electron chi connectivity index (χ4n) is 3.15. The van der Waals surface area contributed by atoms with E-state index in [-0.39, 0.29) is 11.6 Å². The van der Waals surface area contributed by atoms with E-state index in [2.05, 4.69) is 47.0 Å². The molecule has 1 aromatic carbocycles. The molecule has 2 aromatic rings. The predicted molar refractivity (Wildman–Crippen MR) is 90.4 cm³/mol. The van der Waals surface area contributed by atoms with Gasteiger partial charge in [-0.15, -0.1) is 6.42 Å². The number of aliphatic hydroxyl groups excluding tert-OH is 1. The van der Waals surface area contributed by atoms with Crippen LogP contribution >= 0.6 is 0 Å². The van der Waals surface area contributed by atoms with Crippen molar-refractivity contribution in [3.63, 3.8) is 0 Å². The number of aromatic nitrogens is 1. The van der Waals surface area contributed by atoms with Gasteiger partial charge in [0.2, 0.25) is 0 Å². The molecule has 0 spiro atoms. The van der Waals surface area contributed by atoms with Crippen LogP contribution in [0.2, 0.25) is 0 Å². The monoisotopic (exact) mass is 294 g/mol. The van der Waals surface area contributed by atoms with Gasteiger partial charge < -0.3 is 5.11 Å². The van der Waals surface area contributed by atoms with E-state index in [1.165, 1.54) is 16.5 Å². The van der Waals surface area contributed by atoms with Crippen molar-refractivity contribution < 1.29 is 5.11 Å². The van der Waals surface area contributed by atoms with E-state index in [4.69, 9.17) is 6.42 Å². The number of terminal acetylenes is 1. The lowest BCUT2D eigenvalue weighted by Crippen LogP contribution is -2.53. The highest BCUT2D eigenvalue weighted by Gasteiger charge is 2.37. The Hall–Kier alpha value is -1.89. The Morgan fingerprint density at radius 2 is 2.09 bits per heavy atom. The number of hydrogen-bond donors (Lipinski definition) is 1. The van der Waals surface area contributed by atoms with Gasteiger partial charge >= 0.3 is 0 Å². The van der Waals surface area contributed by atoms with Gasteiger partial charge in [-0.2, -0.15) is 0 Å². The zero-order valence-electron chi connectivity index (χ0n) is 13.4. The Morgan fingerprint density at radius 3 is 2.77 bits per heavy atom. The van der Waals surface area contributed by atoms with Crippen LogP contribution in [0.15, 0.2) is 30.5 Å². The SMILES string of the molecule is C#CC1(C)CC(O)C(C)CN1C.c1cc2c3c-2ccnc3c1. The third-order valence-electron chi connectivity index (χ3n) is 4.97. The molecule has 1 N–H and O–H groups in total. The van der Waals surface area contributed by atoms with E-state index in [0.29, 0.717) is 12.3 Å². The summed E-state index contributed by atoms with van der Waals surface area (Å²) >= 11 is 0. The van der Waals surface area contributed by atoms with Gasteiger partial charge in [0.05, 0.1) is 17.2 Å². The molecule has 0 bridgehead atoms. The molecule has 1 fully saturated rings. The van der Waals surface area contributed by atoms with E-state index in [1.807, 2.05) is 20.2 Å². The van der Waals surface area contributed by atoms with Crippen LogP contribution in [0.3, 0.4) is 0 Å². The minimum absolute atomic E-state index is 0.248. The van der Waals surface area contributed by atoms with Crippen molar-refractivity contribution in [1.29, 1.82) is 0 Å². The van der Waals surface area contributed by atoms with Crippen molar-refractivity contribution in [2.24, 2.45) is 5.92 Å². The van der Waals surface area contributed by atoms with Crippen LogP contribution in [0.4, 0.5) is 0 Å². The fourth-order valence-corrected chi connectivity index (χ4v) is 3.15. The highest BCUT2D eigenvalue weighted by molar-refractivity contribution is 6.18. The predicted octanol–water partition coefficient (Wildman–Crippen LogP) is 2.93. The van der Waals surface area contributed by atoms with Crippen molar-refractivity contribution >= 4 is 10.9 Å². The van der Waals surface area contributed by atoms with Crippen LogP contribution < -0.4 is 0 Å². The van der Waals surface area contributed by atoms with Gasteiger partial charge in [0.25, 0.3) is 0 Å². The van der Waals surface area contributed by atoms with Gasteiger partial charge in [-0.1, -0.05) is 25.0 Å². The van der Waals surface area contributed by atoms with E-state index in [9.17, 15) is 5.11 Å². The molecule has 0 amide bonds. The van der Waals surface area contributed by atoms with Gasteiger partial charge in [0.15, 0.2) is 0 Å². The van der Waals surface area contributed by atoms with E-state index >= 15 is 0 Å². The third kappa shape index (κ3) is 2.49. The maximum Gasteiger partial charge on any atom is 0.0817 e. The minimum Gasteiger partial charge on any atom is -0.393 e. The summed E-state index contributed by atoms with van der Waals surface area (Å²) in [5.74, 6) is 3.08. The zero-order chi connectivity index (χ0) is 15.9. The molecule has 1 aliphatic heterocycles. The highest BCUT2D eigenvalue weighted by atomic mass is 16.3. The maximum atomic E-state index is 9.64. The molecule has 3 unspecified atom stereocenters. The summed E-state index contributed by atoms with van der Waals surface area (Å²) in [5.41, 5.74) is 3.64. The van der Waals surface area contributed by atoms with Crippen molar-refractivity contribution in [3.05, 3.63) is 30.5 Å². The van der Waals surface area contributed by atoms with Crippen molar-refractivity contribution in [2.45, 2.75) is 31.9 Å². The second-order valence-corrected chi connectivity index (χ2v) is 6.61. The summed E-state index contributed by atoms with van der Waals surface area (Å²) < 4.78 is 0. The molecule has 3 nitrogen and oxygen atoms in total. The number of rotatable bonds is 0. The molecular weight excluding hydrogens is 272 g/mol. The molecule has 1 saturated heterocycles. The minimum atomic E-state index is -0.258. The molecule has 0 radical (unpaired) electrons. The first-order chi connectivity index (χ1) is 10.5. The molecule has 22 heavy (non-hydrogen) atoms. The zero-order valence-corrected chi connectivity index (χ0v) is 13.4. The van der Waals surface area contributed by atoms with Gasteiger partial charge in [0.1, 0.15) is 0 Å². The number of fused-ring (bicyclic) bond motifs is 1. The molecular formula is C19H22N2O. The Kier molecular flexibility index (Phi) is 3.68. The lowest BCUT2D eigenvalue weighted by molar-refractivity contribution is -0.00779. The first-order valence-corrected chi connectivity index (χ1v) is 7.71. The first kappa shape index (κ1) is 15.0. The Labute approximate surface area is 132 Å². The molecule has 0 saturated carbocycles. The van der Waals surface area contributed by atoms with Gasteiger partial charge in [0, 0.05) is 24.5 Å². The Morgan fingerprint density at radius 1 is 1.36 bits per heavy atom. The molecule has 114 valence electrons. The maximum absolute atomic E-state index is 9.64. The molecule has 1 aliphatic carbocycles. The first-order valence-electron chi connectivity index (χ1n) is 7.71. The standard InChI is InChI=1S/C10H17NO.C9H5N/c1-5-10(3)6-9(12)8(2)7-11(10)4;1-2-6-7-4-5-10-8(3-1)9(6)7/h1,8-9,12H,6-7H2,2-4H3;1-5H. The number of aliphatic hydroxyl groups is 1. The molecule has 1 aromatic heterocycles. The Bertz CT molecular complexity index is 712. The van der Waals surface area contributed by atoms with Gasteiger partial charge in [-0.25, -0.2) is 0 Å². The van der Waals surface area contributed by atoms with Crippen molar-refractivity contribution in [2.75, 3.05) is 13.6 Å². The summed E-state index contributed by atoms with van der Waals surface area (Å²) in [6.45, 7) is 4.93. The Balaban J connectivity index is 0.000000132. The summed E-state index contributed by atoms with van der Waals surface area (Å²) in [6, 6.07) is 8.31. The average molecular weight is 294 g/mol. The van der Waals surface area contributed by atoms with Crippen LogP contribution in [-0.2, 0) is 0 Å². The molecule has 3 heteroatoms. The number of nitrogens with zero attached hydrogens (tertiary/aromatic N) is 2. The fraction of sp³-hybridized carbons (Fsp3) is 0.421. The lowest BCUT2D eigenvalue weighted by Gasteiger charge is -2.43. The quantitative estimate of drug-likeness (QED) is 0.648. The molecule has 3 atom stereocenters. The normalized spacial score (nSPS) is 29.4. The number of hydrogen-bond acceptors (Lipinski definition) is 3. The summed E-state index contributed by atoms with van der Waals surface area (Å²) in [6.07, 6.45) is 7.73. The van der Waals surface area contributed by atoms with Crippen LogP contribution in [0.5, 0.6) is 0 Å². The highest BCUT2D eigenvalue weighted by Crippen LogP contribution is 2.45. The smallest absolute Gasteiger partial charge is 0.0817 e. The van der Waals surface area contributed by atoms with Crippen molar-refractivity contribution in [1.82, 2.24) is 9.88 Å². The molecule has 4 rings (SSSR count). The topological polar surface area (TPSA) is 36.4 Å². The second-order valence-electron chi connectivity index (χ2n) is 6.61. The number of pyridine rings is 1. The van der Waals surface area contributed by atoms with Crippen molar-refractivity contribution in [3.8, 4) is 23.5 Å². The molecule has 2 heterocycles. The largest absolute Gasteiger partial charge is 0.393 e. The third-order valence-corrected chi connectivity index (χ3v) is 4.97. The average Bonchev–Trinajstić information content (AvgIpc) is 3.22. The summed E-state index contributed by atoms with van der Waals surface area (Å²) in [5, 5.41) is 11.0. The van der Waals surface area contributed by atoms with Crippen LogP contribution in [0.25, 0.3) is 22.0 Å².